The normalized spacial score (nSPS) is 16.6. The monoisotopic (exact) mass is 246 g/mol. The van der Waals surface area contributed by atoms with Crippen LogP contribution >= 0.6 is 0 Å². The first-order valence-corrected chi connectivity index (χ1v) is 6.89. The fraction of sp³-hybridized carbons (Fsp3) is 0.562. The number of hydrogen-bond donors (Lipinski definition) is 0. The molecule has 0 saturated heterocycles. The van der Waals surface area contributed by atoms with E-state index < -0.39 is 0 Å². The number of benzene rings is 1. The van der Waals surface area contributed by atoms with Crippen LogP contribution in [0.25, 0.3) is 0 Å². The van der Waals surface area contributed by atoms with E-state index in [-0.39, 0.29) is 18.3 Å². The van der Waals surface area contributed by atoms with E-state index in [9.17, 15) is 4.79 Å². The summed E-state index contributed by atoms with van der Waals surface area (Å²) < 4.78 is 5.66. The summed E-state index contributed by atoms with van der Waals surface area (Å²) in [6, 6.07) is 6.06. The smallest absolute Gasteiger partial charge is 0.173 e. The van der Waals surface area contributed by atoms with Gasteiger partial charge in [0.25, 0.3) is 0 Å². The average molecular weight is 246 g/mol. The summed E-state index contributed by atoms with van der Waals surface area (Å²) in [4.78, 5) is 12.0. The standard InChI is InChI=1S/C16H22O2/c1-12-8-9-16(13(2)10-12)18-11-15(17)14-6-4-3-5-7-14/h8-10,14H,3-7,11H2,1-2H3. The number of rotatable bonds is 4. The van der Waals surface area contributed by atoms with Crippen molar-refractivity contribution < 1.29 is 9.53 Å². The van der Waals surface area contributed by atoms with Crippen LogP contribution in [0.3, 0.4) is 0 Å². The van der Waals surface area contributed by atoms with Crippen LogP contribution < -0.4 is 4.74 Å². The predicted octanol–water partition coefficient (Wildman–Crippen LogP) is 3.83. The number of carbonyl (C=O) groups is 1. The van der Waals surface area contributed by atoms with Gasteiger partial charge in [0.2, 0.25) is 0 Å². The largest absolute Gasteiger partial charge is 0.486 e. The Bertz CT molecular complexity index is 417. The second-order valence-electron chi connectivity index (χ2n) is 5.36. The van der Waals surface area contributed by atoms with Crippen LogP contribution in [0.4, 0.5) is 0 Å². The maximum atomic E-state index is 12.0. The third-order valence-electron chi connectivity index (χ3n) is 3.76. The maximum absolute atomic E-state index is 12.0. The predicted molar refractivity (Wildman–Crippen MR) is 73.0 cm³/mol. The molecule has 0 aliphatic heterocycles. The molecule has 1 fully saturated rings. The second-order valence-corrected chi connectivity index (χ2v) is 5.36. The molecule has 0 atom stereocenters. The molecule has 1 aromatic carbocycles. The molecule has 98 valence electrons. The molecule has 1 aromatic rings. The Morgan fingerprint density at radius 3 is 2.61 bits per heavy atom. The Kier molecular flexibility index (Phi) is 4.40. The molecule has 2 heteroatoms. The average Bonchev–Trinajstić information content (AvgIpc) is 2.38. The van der Waals surface area contributed by atoms with Gasteiger partial charge in [0.05, 0.1) is 0 Å². The van der Waals surface area contributed by atoms with E-state index in [1.807, 2.05) is 19.1 Å². The van der Waals surface area contributed by atoms with Crippen molar-refractivity contribution >= 4 is 5.78 Å². The zero-order valence-electron chi connectivity index (χ0n) is 11.4. The molecule has 0 heterocycles. The number of hydrogen-bond acceptors (Lipinski definition) is 2. The highest BCUT2D eigenvalue weighted by Gasteiger charge is 2.21. The Hall–Kier alpha value is -1.31. The first kappa shape index (κ1) is 13.1. The number of ketones is 1. The van der Waals surface area contributed by atoms with Crippen molar-refractivity contribution in [3.63, 3.8) is 0 Å². The molecule has 0 spiro atoms. The maximum Gasteiger partial charge on any atom is 0.173 e. The van der Waals surface area contributed by atoms with Crippen LogP contribution in [0.1, 0.15) is 43.2 Å². The van der Waals surface area contributed by atoms with Crippen molar-refractivity contribution in [1.82, 2.24) is 0 Å². The molecule has 0 radical (unpaired) electrons. The van der Waals surface area contributed by atoms with Gasteiger partial charge in [-0.25, -0.2) is 0 Å². The van der Waals surface area contributed by atoms with Gasteiger partial charge in [0.1, 0.15) is 12.4 Å². The quantitative estimate of drug-likeness (QED) is 0.807. The van der Waals surface area contributed by atoms with Gasteiger partial charge in [-0.3, -0.25) is 4.79 Å². The Morgan fingerprint density at radius 1 is 1.22 bits per heavy atom. The van der Waals surface area contributed by atoms with E-state index in [0.29, 0.717) is 0 Å². The molecule has 1 saturated carbocycles. The highest BCUT2D eigenvalue weighted by atomic mass is 16.5. The molecule has 1 aliphatic rings. The molecule has 2 rings (SSSR count). The van der Waals surface area contributed by atoms with Gasteiger partial charge >= 0.3 is 0 Å². The van der Waals surface area contributed by atoms with Crippen molar-refractivity contribution in [2.75, 3.05) is 6.61 Å². The summed E-state index contributed by atoms with van der Waals surface area (Å²) in [6.45, 7) is 4.31. The zero-order valence-corrected chi connectivity index (χ0v) is 11.4. The Labute approximate surface area is 109 Å². The number of aryl methyl sites for hydroxylation is 2. The summed E-state index contributed by atoms with van der Waals surface area (Å²) in [5, 5.41) is 0. The van der Waals surface area contributed by atoms with Gasteiger partial charge in [-0.1, -0.05) is 37.0 Å². The number of Topliss-reactive ketones (excluding diaryl/α,β-unsaturated/α-hetero) is 1. The SMILES string of the molecule is Cc1ccc(OCC(=O)C2CCCCC2)c(C)c1. The van der Waals surface area contributed by atoms with E-state index in [2.05, 4.69) is 13.0 Å². The minimum atomic E-state index is 0.231. The molecule has 0 N–H and O–H groups in total. The first-order valence-electron chi connectivity index (χ1n) is 6.89. The minimum absolute atomic E-state index is 0.231. The second kappa shape index (κ2) is 6.03. The summed E-state index contributed by atoms with van der Waals surface area (Å²) in [7, 11) is 0. The lowest BCUT2D eigenvalue weighted by Gasteiger charge is -2.20. The Morgan fingerprint density at radius 2 is 1.94 bits per heavy atom. The van der Waals surface area contributed by atoms with E-state index in [4.69, 9.17) is 4.74 Å². The van der Waals surface area contributed by atoms with E-state index >= 15 is 0 Å². The highest BCUT2D eigenvalue weighted by Crippen LogP contribution is 2.25. The van der Waals surface area contributed by atoms with Crippen LogP contribution in [-0.2, 0) is 4.79 Å². The van der Waals surface area contributed by atoms with Gasteiger partial charge in [-0.15, -0.1) is 0 Å². The fourth-order valence-corrected chi connectivity index (χ4v) is 2.65. The lowest BCUT2D eigenvalue weighted by atomic mass is 9.86. The van der Waals surface area contributed by atoms with Crippen LogP contribution in [0, 0.1) is 19.8 Å². The van der Waals surface area contributed by atoms with E-state index in [1.165, 1.54) is 24.8 Å². The summed E-state index contributed by atoms with van der Waals surface area (Å²) in [5.41, 5.74) is 2.32. The van der Waals surface area contributed by atoms with Crippen LogP contribution in [-0.4, -0.2) is 12.4 Å². The Balaban J connectivity index is 1.88. The van der Waals surface area contributed by atoms with Crippen LogP contribution in [0.5, 0.6) is 5.75 Å². The molecule has 1 aliphatic carbocycles. The van der Waals surface area contributed by atoms with Gasteiger partial charge in [-0.2, -0.15) is 0 Å². The molecule has 0 aromatic heterocycles. The molecule has 18 heavy (non-hydrogen) atoms. The molecular formula is C16H22O2. The van der Waals surface area contributed by atoms with E-state index in [1.54, 1.807) is 0 Å². The van der Waals surface area contributed by atoms with Crippen LogP contribution in [0.2, 0.25) is 0 Å². The molecule has 0 bridgehead atoms. The number of carbonyl (C=O) groups excluding carboxylic acids is 1. The topological polar surface area (TPSA) is 26.3 Å². The molecular weight excluding hydrogens is 224 g/mol. The summed E-state index contributed by atoms with van der Waals surface area (Å²) in [6.07, 6.45) is 5.77. The number of ether oxygens (including phenoxy) is 1. The third-order valence-corrected chi connectivity index (χ3v) is 3.76. The van der Waals surface area contributed by atoms with Gasteiger partial charge < -0.3 is 4.74 Å². The molecule has 0 unspecified atom stereocenters. The summed E-state index contributed by atoms with van der Waals surface area (Å²) >= 11 is 0. The fourth-order valence-electron chi connectivity index (χ4n) is 2.65. The summed E-state index contributed by atoms with van der Waals surface area (Å²) in [5.74, 6) is 1.35. The molecule has 2 nitrogen and oxygen atoms in total. The van der Waals surface area contributed by atoms with Crippen molar-refractivity contribution in [2.45, 2.75) is 46.0 Å². The lowest BCUT2D eigenvalue weighted by molar-refractivity contribution is -0.125. The zero-order chi connectivity index (χ0) is 13.0. The van der Waals surface area contributed by atoms with Crippen LogP contribution in [0.15, 0.2) is 18.2 Å². The lowest BCUT2D eigenvalue weighted by Crippen LogP contribution is -2.23. The minimum Gasteiger partial charge on any atom is -0.486 e. The van der Waals surface area contributed by atoms with Crippen molar-refractivity contribution in [3.05, 3.63) is 29.3 Å². The van der Waals surface area contributed by atoms with E-state index in [0.717, 1.165) is 24.2 Å². The van der Waals surface area contributed by atoms with Gasteiger partial charge in [0, 0.05) is 5.92 Å². The molecule has 0 amide bonds. The van der Waals surface area contributed by atoms with Crippen molar-refractivity contribution in [1.29, 1.82) is 0 Å². The first-order chi connectivity index (χ1) is 8.66. The van der Waals surface area contributed by atoms with Crippen molar-refractivity contribution in [3.8, 4) is 5.75 Å². The van der Waals surface area contributed by atoms with Gasteiger partial charge in [-0.05, 0) is 38.3 Å². The van der Waals surface area contributed by atoms with Crippen molar-refractivity contribution in [2.24, 2.45) is 5.92 Å². The third kappa shape index (κ3) is 3.34. The van der Waals surface area contributed by atoms with Gasteiger partial charge in [0.15, 0.2) is 5.78 Å². The highest BCUT2D eigenvalue weighted by molar-refractivity contribution is 5.82.